The summed E-state index contributed by atoms with van der Waals surface area (Å²) in [7, 11) is 0. The maximum absolute atomic E-state index is 13.2. The number of hydrogen-bond acceptors (Lipinski definition) is 5. The van der Waals surface area contributed by atoms with Gasteiger partial charge in [-0.15, -0.1) is 0 Å². The number of unbranched alkanes of at least 4 members (excludes halogenated alkanes) is 8. The Morgan fingerprint density at radius 2 is 1.22 bits per heavy atom. The zero-order valence-corrected chi connectivity index (χ0v) is 27.6. The van der Waals surface area contributed by atoms with Gasteiger partial charge in [0, 0.05) is 5.92 Å². The van der Waals surface area contributed by atoms with Crippen molar-refractivity contribution in [2.75, 3.05) is 0 Å². The highest BCUT2D eigenvalue weighted by molar-refractivity contribution is 5.97. The number of ether oxygens (including phenoxy) is 2. The van der Waals surface area contributed by atoms with Gasteiger partial charge in [0.1, 0.15) is 5.41 Å². The zero-order chi connectivity index (χ0) is 32.7. The summed E-state index contributed by atoms with van der Waals surface area (Å²) in [5.41, 5.74) is 0.529. The van der Waals surface area contributed by atoms with Crippen LogP contribution in [-0.4, -0.2) is 35.2 Å². The van der Waals surface area contributed by atoms with Crippen LogP contribution in [0.15, 0.2) is 72.8 Å². The van der Waals surface area contributed by atoms with Gasteiger partial charge in [0.25, 0.3) is 0 Å². The molecule has 0 saturated carbocycles. The Bertz CT molecular complexity index is 1280. The van der Waals surface area contributed by atoms with Gasteiger partial charge in [-0.3, -0.25) is 4.79 Å². The van der Waals surface area contributed by atoms with Crippen LogP contribution in [0, 0.1) is 0 Å². The molecule has 6 heteroatoms. The van der Waals surface area contributed by atoms with Crippen molar-refractivity contribution in [2.45, 2.75) is 128 Å². The van der Waals surface area contributed by atoms with Crippen molar-refractivity contribution in [2.24, 2.45) is 0 Å². The van der Waals surface area contributed by atoms with Crippen LogP contribution in [-0.2, 0) is 19.7 Å². The highest BCUT2D eigenvalue weighted by atomic mass is 16.5. The van der Waals surface area contributed by atoms with Gasteiger partial charge < -0.3 is 14.6 Å². The third kappa shape index (κ3) is 10.4. The molecule has 2 aromatic rings. The second-order valence-electron chi connectivity index (χ2n) is 12.4. The number of carbonyl (C=O) groups excluding carboxylic acids is 2. The zero-order valence-electron chi connectivity index (χ0n) is 27.6. The van der Waals surface area contributed by atoms with Crippen LogP contribution < -0.4 is 0 Å². The van der Waals surface area contributed by atoms with Gasteiger partial charge in [0.05, 0.1) is 23.3 Å². The summed E-state index contributed by atoms with van der Waals surface area (Å²) in [6, 6.07) is 14.0. The van der Waals surface area contributed by atoms with E-state index in [-0.39, 0.29) is 29.7 Å². The molecule has 0 unspecified atom stereocenters. The first-order valence-corrected chi connectivity index (χ1v) is 16.9. The molecular weight excluding hydrogens is 564 g/mol. The maximum Gasteiger partial charge on any atom is 0.338 e. The Morgan fingerprint density at radius 3 is 1.76 bits per heavy atom. The Hall–Kier alpha value is -3.67. The number of rotatable bonds is 19. The van der Waals surface area contributed by atoms with E-state index in [1.54, 1.807) is 48.6 Å². The maximum atomic E-state index is 13.2. The number of esters is 2. The molecule has 6 nitrogen and oxygen atoms in total. The molecule has 3 rings (SSSR count). The van der Waals surface area contributed by atoms with Gasteiger partial charge >= 0.3 is 17.9 Å². The molecule has 0 spiro atoms. The summed E-state index contributed by atoms with van der Waals surface area (Å²) in [5, 5.41) is 10.4. The number of benzene rings is 2. The molecule has 45 heavy (non-hydrogen) atoms. The van der Waals surface area contributed by atoms with Gasteiger partial charge in [0.2, 0.25) is 0 Å². The minimum Gasteiger partial charge on any atom is -0.480 e. The molecule has 0 aliphatic heterocycles. The summed E-state index contributed by atoms with van der Waals surface area (Å²) in [5.74, 6) is -2.10. The van der Waals surface area contributed by atoms with Crippen molar-refractivity contribution < 1.29 is 29.0 Å². The highest BCUT2D eigenvalue weighted by Gasteiger charge is 2.40. The lowest BCUT2D eigenvalue weighted by molar-refractivity contribution is -0.140. The molecule has 0 bridgehead atoms. The lowest BCUT2D eigenvalue weighted by Gasteiger charge is -2.29. The summed E-state index contributed by atoms with van der Waals surface area (Å²) in [6.07, 6.45) is 19.7. The predicted molar refractivity (Wildman–Crippen MR) is 180 cm³/mol. The number of allylic oxidation sites excluding steroid dienone is 2. The molecule has 244 valence electrons. The number of carbonyl (C=O) groups is 3. The first-order valence-electron chi connectivity index (χ1n) is 16.9. The normalized spacial score (nSPS) is 18.7. The van der Waals surface area contributed by atoms with Gasteiger partial charge in [-0.25, -0.2) is 9.59 Å². The van der Waals surface area contributed by atoms with Crippen LogP contribution in [0.5, 0.6) is 0 Å². The van der Waals surface area contributed by atoms with Crippen LogP contribution >= 0.6 is 0 Å². The van der Waals surface area contributed by atoms with Crippen molar-refractivity contribution in [1.29, 1.82) is 0 Å². The van der Waals surface area contributed by atoms with Crippen LogP contribution in [0.1, 0.15) is 143 Å². The number of aliphatic carboxylic acids is 1. The highest BCUT2D eigenvalue weighted by Crippen LogP contribution is 2.37. The summed E-state index contributed by atoms with van der Waals surface area (Å²) < 4.78 is 11.4. The molecule has 2 aromatic carbocycles. The number of carboxylic acids is 1. The first kappa shape index (κ1) is 35.8. The van der Waals surface area contributed by atoms with Crippen molar-refractivity contribution in [3.05, 3.63) is 95.1 Å². The molecule has 1 aliphatic rings. The van der Waals surface area contributed by atoms with E-state index < -0.39 is 17.4 Å². The van der Waals surface area contributed by atoms with E-state index in [1.165, 1.54) is 38.5 Å². The quantitative estimate of drug-likeness (QED) is 0.0960. The third-order valence-corrected chi connectivity index (χ3v) is 8.66. The van der Waals surface area contributed by atoms with Crippen molar-refractivity contribution >= 4 is 17.9 Å². The Labute approximate surface area is 269 Å². The fraction of sp³-hybridized carbons (Fsp3) is 0.513. The van der Waals surface area contributed by atoms with E-state index >= 15 is 0 Å². The fourth-order valence-electron chi connectivity index (χ4n) is 5.84. The lowest BCUT2D eigenvalue weighted by Crippen LogP contribution is -2.35. The number of carboxylic acid groups (broad SMARTS) is 1. The van der Waals surface area contributed by atoms with E-state index in [0.717, 1.165) is 44.1 Å². The first-order chi connectivity index (χ1) is 21.7. The van der Waals surface area contributed by atoms with E-state index in [9.17, 15) is 19.5 Å². The average Bonchev–Trinajstić information content (AvgIpc) is 3.04. The summed E-state index contributed by atoms with van der Waals surface area (Å²) >= 11 is 0. The SMILES string of the molecule is CCCCCCC[C@@H](C)OC(=O)c1ccc(C2C=CC(C(=O)O)(c3ccccc3C(=O)O[C@H](C)CCCCCCC)C=C2)cc1. The average molecular weight is 617 g/mol. The van der Waals surface area contributed by atoms with Crippen molar-refractivity contribution in [3.8, 4) is 0 Å². The third-order valence-electron chi connectivity index (χ3n) is 8.66. The molecule has 2 atom stereocenters. The molecular formula is C39H52O6. The molecule has 0 fully saturated rings. The van der Waals surface area contributed by atoms with E-state index in [0.29, 0.717) is 11.1 Å². The van der Waals surface area contributed by atoms with Crippen molar-refractivity contribution in [1.82, 2.24) is 0 Å². The Balaban J connectivity index is 1.66. The Kier molecular flexibility index (Phi) is 14.6. The largest absolute Gasteiger partial charge is 0.480 e. The van der Waals surface area contributed by atoms with E-state index in [2.05, 4.69) is 13.8 Å². The van der Waals surface area contributed by atoms with Gasteiger partial charge in [-0.2, -0.15) is 0 Å². The molecule has 0 radical (unpaired) electrons. The van der Waals surface area contributed by atoms with E-state index in [1.807, 2.05) is 38.1 Å². The monoisotopic (exact) mass is 616 g/mol. The minimum absolute atomic E-state index is 0.133. The molecule has 0 saturated heterocycles. The van der Waals surface area contributed by atoms with Crippen LogP contribution in [0.4, 0.5) is 0 Å². The molecule has 1 N–H and O–H groups in total. The second-order valence-corrected chi connectivity index (χ2v) is 12.4. The van der Waals surface area contributed by atoms with E-state index in [4.69, 9.17) is 9.47 Å². The van der Waals surface area contributed by atoms with Crippen molar-refractivity contribution in [3.63, 3.8) is 0 Å². The van der Waals surface area contributed by atoms with Gasteiger partial charge in [0.15, 0.2) is 0 Å². The van der Waals surface area contributed by atoms with Crippen LogP contribution in [0.2, 0.25) is 0 Å². The lowest BCUT2D eigenvalue weighted by atomic mass is 9.73. The predicted octanol–water partition coefficient (Wildman–Crippen LogP) is 9.73. The van der Waals surface area contributed by atoms with Gasteiger partial charge in [-0.05, 0) is 68.9 Å². The molecule has 0 amide bonds. The van der Waals surface area contributed by atoms with Crippen LogP contribution in [0.3, 0.4) is 0 Å². The fourth-order valence-corrected chi connectivity index (χ4v) is 5.84. The molecule has 0 aromatic heterocycles. The minimum atomic E-state index is -1.51. The summed E-state index contributed by atoms with van der Waals surface area (Å²) in [4.78, 5) is 38.7. The summed E-state index contributed by atoms with van der Waals surface area (Å²) in [6.45, 7) is 8.20. The topological polar surface area (TPSA) is 89.9 Å². The van der Waals surface area contributed by atoms with Crippen LogP contribution in [0.25, 0.3) is 0 Å². The molecule has 1 aliphatic carbocycles. The Morgan fingerprint density at radius 1 is 0.711 bits per heavy atom. The molecule has 0 heterocycles. The smallest absolute Gasteiger partial charge is 0.338 e. The standard InChI is InChI=1S/C39H52O6/c1-5-7-9-11-13-17-29(3)44-36(40)33-23-21-31(22-24-33)32-25-27-39(28-26-32,38(42)43)35-20-16-15-19-34(35)37(41)45-30(4)18-14-12-10-8-6-2/h15-16,19-30,32H,5-14,17-18H2,1-4H3,(H,42,43)/t29-,30-,32?,39?/m1/s1. The number of hydrogen-bond donors (Lipinski definition) is 1. The van der Waals surface area contributed by atoms with Gasteiger partial charge in [-0.1, -0.05) is 120 Å². The second kappa shape index (κ2) is 18.3.